The predicted molar refractivity (Wildman–Crippen MR) is 141 cm³/mol. The Morgan fingerprint density at radius 3 is 2.31 bits per heavy atom. The minimum atomic E-state index is -1.01. The van der Waals surface area contributed by atoms with E-state index in [0.29, 0.717) is 11.3 Å². The maximum absolute atomic E-state index is 13.9. The minimum absolute atomic E-state index is 0.00419. The molecule has 2 aromatic carbocycles. The van der Waals surface area contributed by atoms with Crippen molar-refractivity contribution < 1.29 is 14.7 Å². The molecule has 4 rings (SSSR count). The second-order valence-electron chi connectivity index (χ2n) is 8.65. The van der Waals surface area contributed by atoms with E-state index >= 15 is 0 Å². The molecule has 184 valence electrons. The Kier molecular flexibility index (Phi) is 8.31. The maximum atomic E-state index is 13.9. The molecule has 0 radical (unpaired) electrons. The van der Waals surface area contributed by atoms with Crippen LogP contribution in [0.5, 0.6) is 5.75 Å². The first kappa shape index (κ1) is 25.5. The van der Waals surface area contributed by atoms with Gasteiger partial charge in [-0.15, -0.1) is 0 Å². The smallest absolute Gasteiger partial charge is 0.280 e. The molecule has 6 nitrogen and oxygen atoms in total. The fourth-order valence-corrected chi connectivity index (χ4v) is 5.37. The van der Waals surface area contributed by atoms with Gasteiger partial charge in [0.15, 0.2) is 5.69 Å². The van der Waals surface area contributed by atoms with Gasteiger partial charge in [-0.05, 0) is 66.2 Å². The highest BCUT2D eigenvalue weighted by atomic mass is 35.5. The number of aromatic nitrogens is 1. The van der Waals surface area contributed by atoms with Crippen molar-refractivity contribution in [2.24, 2.45) is 0 Å². The van der Waals surface area contributed by atoms with E-state index in [1.54, 1.807) is 12.1 Å². The lowest BCUT2D eigenvalue weighted by atomic mass is 9.94. The molecule has 1 heterocycles. The number of carbonyl (C=O) groups excluding carboxylic acids is 2. The Labute approximate surface area is 219 Å². The first-order valence-electron chi connectivity index (χ1n) is 11.7. The van der Waals surface area contributed by atoms with Gasteiger partial charge in [0.25, 0.3) is 5.91 Å². The molecule has 35 heavy (non-hydrogen) atoms. The lowest BCUT2D eigenvalue weighted by Crippen LogP contribution is -2.47. The van der Waals surface area contributed by atoms with Crippen LogP contribution in [0.3, 0.4) is 0 Å². The summed E-state index contributed by atoms with van der Waals surface area (Å²) in [5.74, 6) is -0.757. The summed E-state index contributed by atoms with van der Waals surface area (Å²) in [5, 5.41) is 13.1. The summed E-state index contributed by atoms with van der Waals surface area (Å²) in [6.45, 7) is 2.05. The van der Waals surface area contributed by atoms with Crippen LogP contribution in [0, 0.1) is 0 Å². The topological polar surface area (TPSA) is 82.5 Å². The fraction of sp³-hybridized carbons (Fsp3) is 0.346. The first-order valence-corrected chi connectivity index (χ1v) is 13.2. The third kappa shape index (κ3) is 5.80. The molecule has 1 aliphatic rings. The number of phenols is 1. The molecular weight excluding hydrogens is 505 g/mol. The van der Waals surface area contributed by atoms with Crippen LogP contribution in [0.4, 0.5) is 5.69 Å². The monoisotopic (exact) mass is 531 g/mol. The Morgan fingerprint density at radius 2 is 1.74 bits per heavy atom. The summed E-state index contributed by atoms with van der Waals surface area (Å²) >= 11 is 13.4. The van der Waals surface area contributed by atoms with E-state index in [1.165, 1.54) is 17.0 Å². The van der Waals surface area contributed by atoms with Crippen LogP contribution >= 0.6 is 34.7 Å². The SMILES string of the molecule is CCc1ccc(N(C(=O)c2nsc(Cl)c2Cl)[C@@H](C(=O)NC2CCCCC2)c2ccc(O)cc2)cc1. The molecule has 0 aliphatic heterocycles. The van der Waals surface area contributed by atoms with E-state index in [2.05, 4.69) is 9.69 Å². The second kappa shape index (κ2) is 11.4. The second-order valence-corrected chi connectivity index (χ2v) is 10.4. The van der Waals surface area contributed by atoms with E-state index in [-0.39, 0.29) is 32.8 Å². The van der Waals surface area contributed by atoms with Gasteiger partial charge in [-0.2, -0.15) is 4.37 Å². The van der Waals surface area contributed by atoms with Gasteiger partial charge < -0.3 is 10.4 Å². The summed E-state index contributed by atoms with van der Waals surface area (Å²) in [6, 6.07) is 12.8. The van der Waals surface area contributed by atoms with Crippen LogP contribution in [0.1, 0.15) is 66.7 Å². The number of hydrogen-bond acceptors (Lipinski definition) is 5. The largest absolute Gasteiger partial charge is 0.508 e. The van der Waals surface area contributed by atoms with E-state index in [1.807, 2.05) is 31.2 Å². The Bertz CT molecular complexity index is 1180. The fourth-order valence-electron chi connectivity index (χ4n) is 4.38. The van der Waals surface area contributed by atoms with Gasteiger partial charge in [0.2, 0.25) is 5.91 Å². The van der Waals surface area contributed by atoms with E-state index in [4.69, 9.17) is 23.2 Å². The molecule has 2 amide bonds. The molecule has 1 fully saturated rings. The quantitative estimate of drug-likeness (QED) is 0.361. The number of nitrogens with one attached hydrogen (secondary N) is 1. The molecule has 0 unspecified atom stereocenters. The number of halogens is 2. The normalized spacial score (nSPS) is 14.9. The molecule has 0 bridgehead atoms. The Hall–Kier alpha value is -2.61. The molecule has 0 spiro atoms. The van der Waals surface area contributed by atoms with Gasteiger partial charge >= 0.3 is 0 Å². The third-order valence-corrected chi connectivity index (χ3v) is 7.92. The molecule has 9 heteroatoms. The maximum Gasteiger partial charge on any atom is 0.280 e. The summed E-state index contributed by atoms with van der Waals surface area (Å²) in [6.07, 6.45) is 5.92. The number of rotatable bonds is 7. The zero-order chi connectivity index (χ0) is 24.9. The molecule has 3 aromatic rings. The van der Waals surface area contributed by atoms with Gasteiger partial charge in [0, 0.05) is 11.7 Å². The summed E-state index contributed by atoms with van der Waals surface area (Å²) < 4.78 is 4.39. The highest BCUT2D eigenvalue weighted by Gasteiger charge is 2.36. The average molecular weight is 532 g/mol. The van der Waals surface area contributed by atoms with Crippen molar-refractivity contribution in [3.05, 3.63) is 74.7 Å². The molecule has 1 aliphatic carbocycles. The van der Waals surface area contributed by atoms with Crippen LogP contribution in [-0.2, 0) is 11.2 Å². The number of aryl methyl sites for hydroxylation is 1. The Balaban J connectivity index is 1.81. The number of nitrogens with zero attached hydrogens (tertiary/aromatic N) is 2. The van der Waals surface area contributed by atoms with Crippen molar-refractivity contribution in [2.75, 3.05) is 4.90 Å². The molecule has 1 atom stereocenters. The third-order valence-electron chi connectivity index (χ3n) is 6.31. The van der Waals surface area contributed by atoms with E-state index in [0.717, 1.165) is 55.6 Å². The first-order chi connectivity index (χ1) is 16.9. The summed E-state index contributed by atoms with van der Waals surface area (Å²) in [5.41, 5.74) is 2.19. The standard InChI is InChI=1S/C26H27Cl2N3O3S/c1-2-16-8-12-19(13-9-16)31(26(34)22-21(27)24(28)35-30-22)23(17-10-14-20(32)15-11-17)25(33)29-18-6-4-3-5-7-18/h8-15,18,23,32H,2-7H2,1H3,(H,29,33)/t23-/m1/s1. The molecule has 1 saturated carbocycles. The summed E-state index contributed by atoms with van der Waals surface area (Å²) in [4.78, 5) is 29.1. The number of amides is 2. The lowest BCUT2D eigenvalue weighted by Gasteiger charge is -2.33. The van der Waals surface area contributed by atoms with Gasteiger partial charge in [0.1, 0.15) is 21.2 Å². The number of benzene rings is 2. The molecular formula is C26H27Cl2N3O3S. The highest BCUT2D eigenvalue weighted by Crippen LogP contribution is 2.35. The minimum Gasteiger partial charge on any atom is -0.508 e. The van der Waals surface area contributed by atoms with Gasteiger partial charge in [-0.3, -0.25) is 14.5 Å². The number of aromatic hydroxyl groups is 1. The Morgan fingerprint density at radius 1 is 1.09 bits per heavy atom. The zero-order valence-corrected chi connectivity index (χ0v) is 21.7. The zero-order valence-electron chi connectivity index (χ0n) is 19.3. The van der Waals surface area contributed by atoms with Crippen LogP contribution in [0.2, 0.25) is 9.36 Å². The van der Waals surface area contributed by atoms with Crippen molar-refractivity contribution in [1.29, 1.82) is 0 Å². The van der Waals surface area contributed by atoms with Gasteiger partial charge in [-0.1, -0.05) is 73.7 Å². The van der Waals surface area contributed by atoms with Gasteiger partial charge in [0.05, 0.1) is 0 Å². The molecule has 0 saturated heterocycles. The van der Waals surface area contributed by atoms with Crippen molar-refractivity contribution in [2.45, 2.75) is 57.5 Å². The average Bonchev–Trinajstić information content (AvgIpc) is 3.21. The van der Waals surface area contributed by atoms with Crippen molar-refractivity contribution in [3.8, 4) is 5.75 Å². The van der Waals surface area contributed by atoms with E-state index in [9.17, 15) is 14.7 Å². The van der Waals surface area contributed by atoms with Crippen LogP contribution in [0.25, 0.3) is 0 Å². The number of carbonyl (C=O) groups is 2. The van der Waals surface area contributed by atoms with Crippen molar-refractivity contribution >= 4 is 52.2 Å². The summed E-state index contributed by atoms with van der Waals surface area (Å²) in [7, 11) is 0. The van der Waals surface area contributed by atoms with Crippen LogP contribution in [0.15, 0.2) is 48.5 Å². The van der Waals surface area contributed by atoms with Crippen molar-refractivity contribution in [1.82, 2.24) is 9.69 Å². The van der Waals surface area contributed by atoms with Crippen molar-refractivity contribution in [3.63, 3.8) is 0 Å². The number of phenolic OH excluding ortho intramolecular Hbond substituents is 1. The predicted octanol–water partition coefficient (Wildman–Crippen LogP) is 6.55. The number of anilines is 1. The number of hydrogen-bond donors (Lipinski definition) is 2. The van der Waals surface area contributed by atoms with Crippen LogP contribution in [-0.4, -0.2) is 27.3 Å². The molecule has 1 aromatic heterocycles. The van der Waals surface area contributed by atoms with Crippen LogP contribution < -0.4 is 10.2 Å². The van der Waals surface area contributed by atoms with E-state index < -0.39 is 11.9 Å². The molecule has 2 N–H and O–H groups in total. The van der Waals surface area contributed by atoms with Gasteiger partial charge in [-0.25, -0.2) is 0 Å². The lowest BCUT2D eigenvalue weighted by molar-refractivity contribution is -0.123. The highest BCUT2D eigenvalue weighted by molar-refractivity contribution is 7.11.